The minimum atomic E-state index is -0.886. The van der Waals surface area contributed by atoms with Crippen molar-refractivity contribution in [3.63, 3.8) is 0 Å². The summed E-state index contributed by atoms with van der Waals surface area (Å²) in [6.45, 7) is 3.83. The van der Waals surface area contributed by atoms with Crippen LogP contribution in [0.3, 0.4) is 0 Å². The molecule has 0 spiro atoms. The third-order valence-electron chi connectivity index (χ3n) is 2.16. The summed E-state index contributed by atoms with van der Waals surface area (Å²) in [6, 6.07) is -1.15. The van der Waals surface area contributed by atoms with E-state index >= 15 is 0 Å². The molecule has 0 aromatic heterocycles. The van der Waals surface area contributed by atoms with E-state index in [-0.39, 0.29) is 13.2 Å². The number of rotatable bonds is 2. The molecule has 7 heteroatoms. The van der Waals surface area contributed by atoms with Crippen LogP contribution in [-0.2, 0) is 4.74 Å². The summed E-state index contributed by atoms with van der Waals surface area (Å²) in [7, 11) is 0. The molecule has 0 aromatic carbocycles. The molecule has 1 fully saturated rings. The van der Waals surface area contributed by atoms with E-state index in [9.17, 15) is 14.4 Å². The van der Waals surface area contributed by atoms with Crippen LogP contribution in [0.2, 0.25) is 0 Å². The fraction of sp³-hybridized carbons (Fsp3) is 0.667. The maximum atomic E-state index is 11.6. The smallest absolute Gasteiger partial charge is 0.418 e. The molecule has 16 heavy (non-hydrogen) atoms. The first-order valence-electron chi connectivity index (χ1n) is 4.96. The van der Waals surface area contributed by atoms with Crippen molar-refractivity contribution in [1.29, 1.82) is 0 Å². The fourth-order valence-corrected chi connectivity index (χ4v) is 1.55. The first kappa shape index (κ1) is 12.8. The van der Waals surface area contributed by atoms with Gasteiger partial charge in [-0.2, -0.15) is 0 Å². The Morgan fingerprint density at radius 3 is 2.62 bits per heavy atom. The van der Waals surface area contributed by atoms with Crippen molar-refractivity contribution in [2.24, 2.45) is 0 Å². The van der Waals surface area contributed by atoms with Crippen molar-refractivity contribution in [3.8, 4) is 0 Å². The molecule has 6 nitrogen and oxygen atoms in total. The average Bonchev–Trinajstić information content (AvgIpc) is 2.51. The van der Waals surface area contributed by atoms with Gasteiger partial charge in [0.2, 0.25) is 0 Å². The Morgan fingerprint density at radius 2 is 2.19 bits per heavy atom. The zero-order valence-corrected chi connectivity index (χ0v) is 9.86. The highest BCUT2D eigenvalue weighted by atomic mass is 35.5. The van der Waals surface area contributed by atoms with E-state index in [1.807, 2.05) is 6.92 Å². The molecule has 0 N–H and O–H groups in total. The Morgan fingerprint density at radius 1 is 1.56 bits per heavy atom. The molecule has 4 amide bonds. The predicted molar refractivity (Wildman–Crippen MR) is 56.3 cm³/mol. The summed E-state index contributed by atoms with van der Waals surface area (Å²) in [6.07, 6.45) is -0.0694. The molecule has 1 atom stereocenters. The maximum absolute atomic E-state index is 11.6. The van der Waals surface area contributed by atoms with Crippen molar-refractivity contribution < 1.29 is 19.1 Å². The summed E-state index contributed by atoms with van der Waals surface area (Å²) in [5.74, 6) is 0. The van der Waals surface area contributed by atoms with Crippen LogP contribution in [0.5, 0.6) is 0 Å². The number of ether oxygens (including phenoxy) is 1. The number of carbonyl (C=O) groups is 3. The van der Waals surface area contributed by atoms with E-state index in [0.717, 1.165) is 9.80 Å². The zero-order chi connectivity index (χ0) is 12.3. The number of hydrogen-bond donors (Lipinski definition) is 0. The van der Waals surface area contributed by atoms with Gasteiger partial charge in [0.05, 0.1) is 19.2 Å². The standard InChI is InChI=1S/C9H13ClN2O4/c1-3-4-16-9(15)12-6(2)5-11(7(10)13)8(12)14/h6H,3-5H2,1-2H3. The molecule has 1 aliphatic heterocycles. The fourth-order valence-electron chi connectivity index (χ4n) is 1.41. The second-order valence-corrected chi connectivity index (χ2v) is 3.80. The van der Waals surface area contributed by atoms with Gasteiger partial charge < -0.3 is 4.74 Å². The highest BCUT2D eigenvalue weighted by Crippen LogP contribution is 2.18. The Labute approximate surface area is 98.1 Å². The van der Waals surface area contributed by atoms with Gasteiger partial charge >= 0.3 is 17.5 Å². The molecule has 1 unspecified atom stereocenters. The Kier molecular flexibility index (Phi) is 4.12. The van der Waals surface area contributed by atoms with Crippen LogP contribution in [0.25, 0.3) is 0 Å². The van der Waals surface area contributed by atoms with Gasteiger partial charge in [0.25, 0.3) is 0 Å². The first-order chi connectivity index (χ1) is 7.49. The molecule has 1 aliphatic rings. The second-order valence-electron chi connectivity index (χ2n) is 3.48. The normalized spacial score (nSPS) is 20.2. The van der Waals surface area contributed by atoms with Crippen molar-refractivity contribution in [1.82, 2.24) is 9.80 Å². The molecular weight excluding hydrogens is 236 g/mol. The minimum absolute atomic E-state index is 0.0996. The van der Waals surface area contributed by atoms with E-state index in [1.54, 1.807) is 6.92 Å². The lowest BCUT2D eigenvalue weighted by molar-refractivity contribution is 0.108. The summed E-state index contributed by atoms with van der Waals surface area (Å²) in [4.78, 5) is 35.7. The van der Waals surface area contributed by atoms with Gasteiger partial charge in [-0.25, -0.2) is 19.4 Å². The van der Waals surface area contributed by atoms with Crippen LogP contribution in [-0.4, -0.2) is 46.5 Å². The largest absolute Gasteiger partial charge is 0.449 e. The van der Waals surface area contributed by atoms with Crippen LogP contribution in [0.15, 0.2) is 0 Å². The van der Waals surface area contributed by atoms with Crippen LogP contribution < -0.4 is 0 Å². The van der Waals surface area contributed by atoms with Gasteiger partial charge in [0, 0.05) is 0 Å². The molecule has 1 rings (SSSR count). The number of carbonyl (C=O) groups excluding carboxylic acids is 3. The second kappa shape index (κ2) is 5.16. The van der Waals surface area contributed by atoms with Crippen molar-refractivity contribution >= 4 is 29.1 Å². The summed E-state index contributed by atoms with van der Waals surface area (Å²) >= 11 is 5.21. The molecule has 0 radical (unpaired) electrons. The quantitative estimate of drug-likeness (QED) is 0.554. The van der Waals surface area contributed by atoms with Crippen LogP contribution in [0.1, 0.15) is 20.3 Å². The van der Waals surface area contributed by atoms with Crippen LogP contribution >= 0.6 is 11.6 Å². The number of urea groups is 1. The average molecular weight is 249 g/mol. The Bertz CT molecular complexity index is 321. The van der Waals surface area contributed by atoms with E-state index in [1.165, 1.54) is 0 Å². The summed E-state index contributed by atoms with van der Waals surface area (Å²) in [5, 5.41) is -0.886. The maximum Gasteiger partial charge on any atom is 0.418 e. The third-order valence-corrected chi connectivity index (χ3v) is 2.37. The van der Waals surface area contributed by atoms with E-state index < -0.39 is 23.5 Å². The van der Waals surface area contributed by atoms with Gasteiger partial charge in [-0.15, -0.1) is 0 Å². The third kappa shape index (κ3) is 2.44. The molecule has 90 valence electrons. The highest BCUT2D eigenvalue weighted by molar-refractivity contribution is 6.64. The minimum Gasteiger partial charge on any atom is -0.449 e. The summed E-state index contributed by atoms with van der Waals surface area (Å²) in [5.41, 5.74) is 0. The van der Waals surface area contributed by atoms with Gasteiger partial charge in [-0.3, -0.25) is 4.79 Å². The van der Waals surface area contributed by atoms with Crippen LogP contribution in [0.4, 0.5) is 14.4 Å². The highest BCUT2D eigenvalue weighted by Gasteiger charge is 2.42. The number of nitrogens with zero attached hydrogens (tertiary/aromatic N) is 2. The lowest BCUT2D eigenvalue weighted by Crippen LogP contribution is -2.40. The molecule has 1 saturated heterocycles. The van der Waals surface area contributed by atoms with Crippen molar-refractivity contribution in [2.75, 3.05) is 13.2 Å². The molecule has 0 aliphatic carbocycles. The summed E-state index contributed by atoms with van der Waals surface area (Å²) < 4.78 is 4.83. The number of imide groups is 2. The number of halogens is 1. The molecule has 1 heterocycles. The van der Waals surface area contributed by atoms with Crippen LogP contribution in [0, 0.1) is 0 Å². The topological polar surface area (TPSA) is 66.9 Å². The van der Waals surface area contributed by atoms with E-state index in [0.29, 0.717) is 6.42 Å². The Hall–Kier alpha value is -1.30. The predicted octanol–water partition coefficient (Wildman–Crippen LogP) is 2.02. The lowest BCUT2D eigenvalue weighted by Gasteiger charge is -2.17. The van der Waals surface area contributed by atoms with Gasteiger partial charge in [0.15, 0.2) is 0 Å². The monoisotopic (exact) mass is 248 g/mol. The van der Waals surface area contributed by atoms with Gasteiger partial charge in [-0.05, 0) is 24.9 Å². The first-order valence-corrected chi connectivity index (χ1v) is 5.33. The molecule has 0 saturated carbocycles. The van der Waals surface area contributed by atoms with Gasteiger partial charge in [0.1, 0.15) is 0 Å². The molecular formula is C9H13ClN2O4. The molecule has 0 bridgehead atoms. The number of amides is 4. The van der Waals surface area contributed by atoms with E-state index in [2.05, 4.69) is 0 Å². The zero-order valence-electron chi connectivity index (χ0n) is 9.10. The van der Waals surface area contributed by atoms with Gasteiger partial charge in [-0.1, -0.05) is 6.92 Å². The number of hydrogen-bond acceptors (Lipinski definition) is 4. The lowest BCUT2D eigenvalue weighted by atomic mass is 10.3. The van der Waals surface area contributed by atoms with E-state index in [4.69, 9.17) is 16.3 Å². The Balaban J connectivity index is 2.70. The van der Waals surface area contributed by atoms with Crippen molar-refractivity contribution in [3.05, 3.63) is 0 Å². The van der Waals surface area contributed by atoms with Crippen molar-refractivity contribution in [2.45, 2.75) is 26.3 Å². The SMILES string of the molecule is CCCOC(=O)N1C(=O)N(C(=O)Cl)CC1C. The molecule has 0 aromatic rings.